The monoisotopic (exact) mass is 266 g/mol. The molecule has 3 rings (SSSR count). The first-order valence-corrected chi connectivity index (χ1v) is 7.37. The van der Waals surface area contributed by atoms with Gasteiger partial charge in [-0.05, 0) is 49.6 Å². The van der Waals surface area contributed by atoms with Gasteiger partial charge in [-0.15, -0.1) is 0 Å². The summed E-state index contributed by atoms with van der Waals surface area (Å²) < 4.78 is 0. The number of likely N-dealkylation sites (N-methyl/N-ethyl adjacent to an activating group) is 1. The minimum Gasteiger partial charge on any atom is -0.381 e. The summed E-state index contributed by atoms with van der Waals surface area (Å²) in [5.74, 6) is 0. The van der Waals surface area contributed by atoms with E-state index < -0.39 is 0 Å². The Bertz CT molecular complexity index is 604. The van der Waals surface area contributed by atoms with E-state index in [1.54, 1.807) is 0 Å². The van der Waals surface area contributed by atoms with Crippen LogP contribution in [0.2, 0.25) is 0 Å². The van der Waals surface area contributed by atoms with Crippen molar-refractivity contribution < 1.29 is 0 Å². The number of nitrogens with zero attached hydrogens (tertiary/aromatic N) is 1. The average Bonchev–Trinajstić information content (AvgIpc) is 2.48. The Morgan fingerprint density at radius 1 is 1.10 bits per heavy atom. The summed E-state index contributed by atoms with van der Waals surface area (Å²) in [6.45, 7) is 8.59. The van der Waals surface area contributed by atoms with Crippen molar-refractivity contribution in [3.05, 3.63) is 59.2 Å². The Hall–Kier alpha value is -1.96. The first-order valence-electron chi connectivity index (χ1n) is 7.37. The molecule has 0 aromatic heterocycles. The van der Waals surface area contributed by atoms with E-state index in [1.807, 2.05) is 0 Å². The summed E-state index contributed by atoms with van der Waals surface area (Å²) in [6.07, 6.45) is 0. The molecular formula is C18H22N2. The number of hydrogen-bond acceptors (Lipinski definition) is 2. The number of fused-ring (bicyclic) bond motifs is 1. The summed E-state index contributed by atoms with van der Waals surface area (Å²) in [6, 6.07) is 15.8. The minimum atomic E-state index is 0.413. The highest BCUT2D eigenvalue weighted by atomic mass is 15.2. The van der Waals surface area contributed by atoms with Crippen molar-refractivity contribution in [2.45, 2.75) is 26.8 Å². The van der Waals surface area contributed by atoms with Gasteiger partial charge in [0.25, 0.3) is 0 Å². The molecule has 20 heavy (non-hydrogen) atoms. The van der Waals surface area contributed by atoms with Gasteiger partial charge in [0.1, 0.15) is 0 Å². The molecule has 2 aromatic carbocycles. The molecule has 104 valence electrons. The van der Waals surface area contributed by atoms with Crippen LogP contribution < -0.4 is 10.2 Å². The van der Waals surface area contributed by atoms with Gasteiger partial charge in [-0.1, -0.05) is 30.3 Å². The molecule has 1 unspecified atom stereocenters. The zero-order valence-corrected chi connectivity index (χ0v) is 12.5. The van der Waals surface area contributed by atoms with Gasteiger partial charge < -0.3 is 10.2 Å². The molecule has 1 N–H and O–H groups in total. The predicted molar refractivity (Wildman–Crippen MR) is 86.6 cm³/mol. The van der Waals surface area contributed by atoms with Gasteiger partial charge in [0, 0.05) is 13.1 Å². The lowest BCUT2D eigenvalue weighted by Crippen LogP contribution is -2.37. The Morgan fingerprint density at radius 3 is 2.50 bits per heavy atom. The number of hydrogen-bond donors (Lipinski definition) is 1. The van der Waals surface area contributed by atoms with Gasteiger partial charge in [0.15, 0.2) is 0 Å². The molecule has 0 saturated carbocycles. The molecule has 0 amide bonds. The molecule has 2 aromatic rings. The summed E-state index contributed by atoms with van der Waals surface area (Å²) in [4.78, 5) is 2.51. The summed E-state index contributed by atoms with van der Waals surface area (Å²) in [5, 5.41) is 3.60. The third kappa shape index (κ3) is 2.15. The average molecular weight is 266 g/mol. The van der Waals surface area contributed by atoms with E-state index in [9.17, 15) is 0 Å². The van der Waals surface area contributed by atoms with Crippen molar-refractivity contribution in [2.24, 2.45) is 0 Å². The van der Waals surface area contributed by atoms with E-state index in [2.05, 4.69) is 73.5 Å². The molecular weight excluding hydrogens is 244 g/mol. The fourth-order valence-corrected chi connectivity index (χ4v) is 3.03. The SMILES string of the molecule is CCN1c2cc(C)c(C)cc2NCC1c1ccccc1. The van der Waals surface area contributed by atoms with Gasteiger partial charge in [-0.3, -0.25) is 0 Å². The Kier molecular flexibility index (Phi) is 3.39. The maximum atomic E-state index is 3.60. The molecule has 1 aliphatic rings. The molecule has 0 bridgehead atoms. The van der Waals surface area contributed by atoms with Gasteiger partial charge in [0.05, 0.1) is 17.4 Å². The van der Waals surface area contributed by atoms with E-state index in [0.717, 1.165) is 13.1 Å². The van der Waals surface area contributed by atoms with Crippen LogP contribution in [-0.2, 0) is 0 Å². The van der Waals surface area contributed by atoms with Gasteiger partial charge in [-0.25, -0.2) is 0 Å². The van der Waals surface area contributed by atoms with E-state index >= 15 is 0 Å². The number of aryl methyl sites for hydroxylation is 2. The number of nitrogens with one attached hydrogen (secondary N) is 1. The normalized spacial score (nSPS) is 17.6. The molecule has 0 spiro atoms. The largest absolute Gasteiger partial charge is 0.381 e. The van der Waals surface area contributed by atoms with E-state index in [4.69, 9.17) is 0 Å². The fourth-order valence-electron chi connectivity index (χ4n) is 3.03. The van der Waals surface area contributed by atoms with Crippen molar-refractivity contribution in [1.82, 2.24) is 0 Å². The van der Waals surface area contributed by atoms with Crippen molar-refractivity contribution in [2.75, 3.05) is 23.3 Å². The van der Waals surface area contributed by atoms with Crippen molar-refractivity contribution in [3.8, 4) is 0 Å². The van der Waals surface area contributed by atoms with E-state index in [-0.39, 0.29) is 0 Å². The van der Waals surface area contributed by atoms with Crippen LogP contribution in [0.25, 0.3) is 0 Å². The third-order valence-electron chi connectivity index (χ3n) is 4.31. The lowest BCUT2D eigenvalue weighted by atomic mass is 9.98. The van der Waals surface area contributed by atoms with Crippen LogP contribution in [0.5, 0.6) is 0 Å². The quantitative estimate of drug-likeness (QED) is 0.872. The molecule has 0 fully saturated rings. The van der Waals surface area contributed by atoms with Crippen LogP contribution in [0, 0.1) is 13.8 Å². The van der Waals surface area contributed by atoms with Crippen LogP contribution >= 0.6 is 0 Å². The second kappa shape index (κ2) is 5.20. The van der Waals surface area contributed by atoms with Crippen molar-refractivity contribution in [1.29, 1.82) is 0 Å². The highest BCUT2D eigenvalue weighted by molar-refractivity contribution is 5.75. The standard InChI is InChI=1S/C18H22N2/c1-4-20-17-11-14(3)13(2)10-16(17)19-12-18(20)15-8-6-5-7-9-15/h5-11,18-19H,4,12H2,1-3H3. The number of anilines is 2. The Morgan fingerprint density at radius 2 is 1.80 bits per heavy atom. The highest BCUT2D eigenvalue weighted by Crippen LogP contribution is 2.38. The Labute approximate surface area is 121 Å². The lowest BCUT2D eigenvalue weighted by molar-refractivity contribution is 0.645. The van der Waals surface area contributed by atoms with Crippen molar-refractivity contribution >= 4 is 11.4 Å². The molecule has 0 aliphatic carbocycles. The van der Waals surface area contributed by atoms with Crippen LogP contribution in [0.4, 0.5) is 11.4 Å². The van der Waals surface area contributed by atoms with Crippen LogP contribution in [0.15, 0.2) is 42.5 Å². The molecule has 1 aliphatic heterocycles. The zero-order valence-electron chi connectivity index (χ0n) is 12.5. The maximum absolute atomic E-state index is 3.60. The first kappa shape index (κ1) is 13.0. The molecule has 1 atom stereocenters. The smallest absolute Gasteiger partial charge is 0.0715 e. The van der Waals surface area contributed by atoms with Crippen LogP contribution in [0.3, 0.4) is 0 Å². The van der Waals surface area contributed by atoms with Crippen molar-refractivity contribution in [3.63, 3.8) is 0 Å². The molecule has 0 radical (unpaired) electrons. The highest BCUT2D eigenvalue weighted by Gasteiger charge is 2.26. The van der Waals surface area contributed by atoms with Gasteiger partial charge >= 0.3 is 0 Å². The van der Waals surface area contributed by atoms with Gasteiger partial charge in [0.2, 0.25) is 0 Å². The molecule has 2 nitrogen and oxygen atoms in total. The molecule has 1 heterocycles. The summed E-state index contributed by atoms with van der Waals surface area (Å²) in [7, 11) is 0. The second-order valence-corrected chi connectivity index (χ2v) is 5.55. The fraction of sp³-hybridized carbons (Fsp3) is 0.333. The summed E-state index contributed by atoms with van der Waals surface area (Å²) in [5.41, 5.74) is 6.69. The lowest BCUT2D eigenvalue weighted by Gasteiger charge is -2.39. The number of benzene rings is 2. The predicted octanol–water partition coefficient (Wildman–Crippen LogP) is 4.30. The minimum absolute atomic E-state index is 0.413. The van der Waals surface area contributed by atoms with Crippen LogP contribution in [0.1, 0.15) is 29.7 Å². The second-order valence-electron chi connectivity index (χ2n) is 5.55. The molecule has 2 heteroatoms. The topological polar surface area (TPSA) is 15.3 Å². The van der Waals surface area contributed by atoms with Crippen LogP contribution in [-0.4, -0.2) is 13.1 Å². The first-order chi connectivity index (χ1) is 9.70. The van der Waals surface area contributed by atoms with Gasteiger partial charge in [-0.2, -0.15) is 0 Å². The third-order valence-corrected chi connectivity index (χ3v) is 4.31. The molecule has 0 saturated heterocycles. The maximum Gasteiger partial charge on any atom is 0.0715 e. The summed E-state index contributed by atoms with van der Waals surface area (Å²) >= 11 is 0. The van der Waals surface area contributed by atoms with E-state index in [1.165, 1.54) is 28.1 Å². The Balaban J connectivity index is 2.04. The zero-order chi connectivity index (χ0) is 14.1. The number of rotatable bonds is 2. The van der Waals surface area contributed by atoms with E-state index in [0.29, 0.717) is 6.04 Å².